The molecule has 0 spiro atoms. The number of hydrogen-bond donors (Lipinski definition) is 1. The van der Waals surface area contributed by atoms with E-state index in [2.05, 4.69) is 5.32 Å². The van der Waals surface area contributed by atoms with Crippen LogP contribution in [-0.4, -0.2) is 17.5 Å². The van der Waals surface area contributed by atoms with Gasteiger partial charge in [0.2, 0.25) is 11.7 Å². The molecule has 0 fully saturated rings. The maximum absolute atomic E-state index is 12.8. The average Bonchev–Trinajstić information content (AvgIpc) is 3.16. The lowest BCUT2D eigenvalue weighted by atomic mass is 9.98. The van der Waals surface area contributed by atoms with Crippen LogP contribution in [0.1, 0.15) is 38.1 Å². The Hall–Kier alpha value is -2.76. The number of benzene rings is 2. The van der Waals surface area contributed by atoms with E-state index in [0.29, 0.717) is 26.7 Å². The molecule has 0 aliphatic carbocycles. The Morgan fingerprint density at radius 3 is 2.23 bits per heavy atom. The van der Waals surface area contributed by atoms with Crippen LogP contribution in [0.4, 0.5) is 5.69 Å². The smallest absolute Gasteiger partial charge is 0.221 e. The highest BCUT2D eigenvalue weighted by molar-refractivity contribution is 7.12. The summed E-state index contributed by atoms with van der Waals surface area (Å²) in [5, 5.41) is 4.98. The van der Waals surface area contributed by atoms with Crippen molar-refractivity contribution in [2.75, 3.05) is 5.32 Å². The molecule has 0 radical (unpaired) electrons. The van der Waals surface area contributed by atoms with E-state index in [4.69, 9.17) is 11.6 Å². The van der Waals surface area contributed by atoms with Crippen molar-refractivity contribution in [1.29, 1.82) is 0 Å². The second-order valence-corrected chi connectivity index (χ2v) is 6.97. The fourth-order valence-corrected chi connectivity index (χ4v) is 3.28. The third-order valence-electron chi connectivity index (χ3n) is 3.69. The summed E-state index contributed by atoms with van der Waals surface area (Å²) < 4.78 is 0. The number of nitrogens with one attached hydrogen (secondary N) is 1. The molecule has 1 heterocycles. The second-order valence-electron chi connectivity index (χ2n) is 5.58. The van der Waals surface area contributed by atoms with Crippen molar-refractivity contribution in [3.8, 4) is 0 Å². The van der Waals surface area contributed by atoms with Gasteiger partial charge in [-0.1, -0.05) is 17.7 Å². The first kappa shape index (κ1) is 18.0. The van der Waals surface area contributed by atoms with Gasteiger partial charge in [-0.2, -0.15) is 0 Å². The zero-order valence-corrected chi connectivity index (χ0v) is 15.4. The minimum absolute atomic E-state index is 0.226. The molecule has 3 rings (SSSR count). The lowest BCUT2D eigenvalue weighted by Gasteiger charge is -2.11. The summed E-state index contributed by atoms with van der Waals surface area (Å²) in [6.07, 6.45) is 0. The van der Waals surface area contributed by atoms with Gasteiger partial charge in [0.15, 0.2) is 5.78 Å². The predicted molar refractivity (Wildman–Crippen MR) is 103 cm³/mol. The van der Waals surface area contributed by atoms with Crippen LogP contribution in [0.15, 0.2) is 60.0 Å². The van der Waals surface area contributed by atoms with Crippen LogP contribution in [0, 0.1) is 0 Å². The summed E-state index contributed by atoms with van der Waals surface area (Å²) in [5.41, 5.74) is 1.49. The third kappa shape index (κ3) is 3.90. The molecule has 1 N–H and O–H groups in total. The van der Waals surface area contributed by atoms with Crippen LogP contribution in [0.5, 0.6) is 0 Å². The highest BCUT2D eigenvalue weighted by Crippen LogP contribution is 2.25. The number of carbonyl (C=O) groups excluding carboxylic acids is 3. The predicted octanol–water partition coefficient (Wildman–Crippen LogP) is 4.82. The standard InChI is InChI=1S/C20H14ClNO3S/c1-12(23)22-17-9-6-14(19(24)13-4-7-15(21)8-5-13)11-16(17)20(25)18-3-2-10-26-18/h2-11H,1H3,(H,22,23). The molecular weight excluding hydrogens is 370 g/mol. The van der Waals surface area contributed by atoms with E-state index in [9.17, 15) is 14.4 Å². The highest BCUT2D eigenvalue weighted by atomic mass is 35.5. The van der Waals surface area contributed by atoms with E-state index in [1.54, 1.807) is 53.9 Å². The first-order valence-corrected chi connectivity index (χ1v) is 9.01. The van der Waals surface area contributed by atoms with Crippen molar-refractivity contribution in [2.24, 2.45) is 0 Å². The number of amides is 1. The summed E-state index contributed by atoms with van der Waals surface area (Å²) in [6.45, 7) is 1.37. The van der Waals surface area contributed by atoms with Gasteiger partial charge in [0.1, 0.15) is 0 Å². The van der Waals surface area contributed by atoms with Gasteiger partial charge in [0, 0.05) is 28.6 Å². The van der Waals surface area contributed by atoms with E-state index in [-0.39, 0.29) is 23.0 Å². The average molecular weight is 384 g/mol. The van der Waals surface area contributed by atoms with E-state index in [1.165, 1.54) is 24.3 Å². The number of hydrogen-bond acceptors (Lipinski definition) is 4. The maximum Gasteiger partial charge on any atom is 0.221 e. The van der Waals surface area contributed by atoms with E-state index in [0.717, 1.165) is 0 Å². The third-order valence-corrected chi connectivity index (χ3v) is 4.81. The van der Waals surface area contributed by atoms with Gasteiger partial charge in [-0.15, -0.1) is 11.3 Å². The van der Waals surface area contributed by atoms with Crippen molar-refractivity contribution >= 4 is 46.1 Å². The van der Waals surface area contributed by atoms with Crippen molar-refractivity contribution < 1.29 is 14.4 Å². The van der Waals surface area contributed by atoms with Crippen molar-refractivity contribution in [3.05, 3.63) is 86.6 Å². The second kappa shape index (κ2) is 7.64. The zero-order valence-electron chi connectivity index (χ0n) is 13.8. The molecule has 4 nitrogen and oxygen atoms in total. The SMILES string of the molecule is CC(=O)Nc1ccc(C(=O)c2ccc(Cl)cc2)cc1C(=O)c1cccs1. The van der Waals surface area contributed by atoms with Crippen molar-refractivity contribution in [2.45, 2.75) is 6.92 Å². The van der Waals surface area contributed by atoms with Gasteiger partial charge >= 0.3 is 0 Å². The Morgan fingerprint density at radius 2 is 1.62 bits per heavy atom. The molecule has 2 aromatic carbocycles. The molecule has 0 saturated carbocycles. The van der Waals surface area contributed by atoms with Crippen LogP contribution in [0.25, 0.3) is 0 Å². The summed E-state index contributed by atoms with van der Waals surface area (Å²) >= 11 is 7.16. The topological polar surface area (TPSA) is 63.2 Å². The summed E-state index contributed by atoms with van der Waals surface area (Å²) in [6, 6.07) is 14.7. The first-order valence-electron chi connectivity index (χ1n) is 7.76. The largest absolute Gasteiger partial charge is 0.326 e. The molecule has 0 atom stereocenters. The minimum Gasteiger partial charge on any atom is -0.326 e. The Labute approximate surface area is 159 Å². The monoisotopic (exact) mass is 383 g/mol. The van der Waals surface area contributed by atoms with Gasteiger partial charge in [0.05, 0.1) is 10.6 Å². The maximum atomic E-state index is 12.8. The molecule has 26 heavy (non-hydrogen) atoms. The van der Waals surface area contributed by atoms with Crippen LogP contribution in [0.2, 0.25) is 5.02 Å². The fraction of sp³-hybridized carbons (Fsp3) is 0.0500. The van der Waals surface area contributed by atoms with Crippen LogP contribution in [-0.2, 0) is 4.79 Å². The van der Waals surface area contributed by atoms with Crippen LogP contribution >= 0.6 is 22.9 Å². The molecule has 0 aliphatic heterocycles. The van der Waals surface area contributed by atoms with E-state index >= 15 is 0 Å². The Bertz CT molecular complexity index is 979. The van der Waals surface area contributed by atoms with Crippen molar-refractivity contribution in [1.82, 2.24) is 0 Å². The molecule has 0 saturated heterocycles. The Balaban J connectivity index is 2.04. The lowest BCUT2D eigenvalue weighted by molar-refractivity contribution is -0.114. The van der Waals surface area contributed by atoms with Gasteiger partial charge in [-0.3, -0.25) is 14.4 Å². The van der Waals surface area contributed by atoms with E-state index < -0.39 is 0 Å². The summed E-state index contributed by atoms with van der Waals surface area (Å²) in [7, 11) is 0. The number of anilines is 1. The molecule has 6 heteroatoms. The van der Waals surface area contributed by atoms with Crippen LogP contribution < -0.4 is 5.32 Å². The van der Waals surface area contributed by atoms with Gasteiger partial charge in [-0.05, 0) is 53.9 Å². The molecule has 1 amide bonds. The van der Waals surface area contributed by atoms with Gasteiger partial charge in [-0.25, -0.2) is 0 Å². The number of carbonyl (C=O) groups is 3. The fourth-order valence-electron chi connectivity index (χ4n) is 2.48. The highest BCUT2D eigenvalue weighted by Gasteiger charge is 2.19. The molecule has 130 valence electrons. The van der Waals surface area contributed by atoms with Crippen LogP contribution in [0.3, 0.4) is 0 Å². The van der Waals surface area contributed by atoms with Gasteiger partial charge < -0.3 is 5.32 Å². The molecule has 3 aromatic rings. The lowest BCUT2D eigenvalue weighted by Crippen LogP contribution is -2.13. The normalized spacial score (nSPS) is 10.4. The first-order chi connectivity index (χ1) is 12.5. The quantitative estimate of drug-likeness (QED) is 0.642. The zero-order chi connectivity index (χ0) is 18.7. The molecule has 0 aliphatic rings. The molecule has 0 unspecified atom stereocenters. The van der Waals surface area contributed by atoms with Gasteiger partial charge in [0.25, 0.3) is 0 Å². The number of halogens is 1. The number of rotatable bonds is 5. The van der Waals surface area contributed by atoms with E-state index in [1.807, 2.05) is 0 Å². The van der Waals surface area contributed by atoms with Crippen molar-refractivity contribution in [3.63, 3.8) is 0 Å². The summed E-state index contributed by atoms with van der Waals surface area (Å²) in [5.74, 6) is -0.757. The number of ketones is 2. The minimum atomic E-state index is -0.290. The Morgan fingerprint density at radius 1 is 0.923 bits per heavy atom. The molecule has 1 aromatic heterocycles. The summed E-state index contributed by atoms with van der Waals surface area (Å²) in [4.78, 5) is 37.5. The Kier molecular flexibility index (Phi) is 5.30. The molecule has 0 bridgehead atoms. The number of thiophene rings is 1. The molecular formula is C20H14ClNO3S.